The van der Waals surface area contributed by atoms with Gasteiger partial charge in [0.2, 0.25) is 0 Å². The molecule has 7 aliphatic carbocycles. The number of unbranched alkanes of at least 4 members (excludes halogenated alkanes) is 20. The van der Waals surface area contributed by atoms with Gasteiger partial charge in [-0.05, 0) is 345 Å². The summed E-state index contributed by atoms with van der Waals surface area (Å²) in [6.07, 6.45) is 37.2. The van der Waals surface area contributed by atoms with Gasteiger partial charge >= 0.3 is 0 Å². The van der Waals surface area contributed by atoms with E-state index < -0.39 is 0 Å². The summed E-state index contributed by atoms with van der Waals surface area (Å²) in [5.41, 5.74) is 55.8. The Kier molecular flexibility index (Phi) is 25.6. The molecule has 0 nitrogen and oxygen atoms in total. The van der Waals surface area contributed by atoms with Crippen LogP contribution in [0.15, 0.2) is 291 Å². The third kappa shape index (κ3) is 16.3. The number of fused-ring (bicyclic) bond motifs is 25. The number of hydrogen-bond donors (Lipinski definition) is 0. The maximum Gasteiger partial charge on any atom is 0.0215 e. The highest BCUT2D eigenvalue weighted by Gasteiger charge is 2.49. The molecule has 0 fully saturated rings. The maximum atomic E-state index is 2.64. The van der Waals surface area contributed by atoms with Crippen LogP contribution < -0.4 is 0 Å². The molecule has 23 rings (SSSR count). The average Bonchev–Trinajstić information content (AvgIpc) is 1.52. The van der Waals surface area contributed by atoms with Gasteiger partial charge in [-0.1, -0.05) is 481 Å². The first-order chi connectivity index (χ1) is 69.3. The van der Waals surface area contributed by atoms with E-state index >= 15 is 0 Å². The molecule has 0 radical (unpaired) electrons. The molecule has 0 atom stereocenters. The fraction of sp³-hybridized carbons (Fsp3) is 0.357. The third-order valence-corrected chi connectivity index (χ3v) is 36.8. The molecule has 0 spiro atoms. The Morgan fingerprint density at radius 1 is 0.161 bits per heavy atom. The fourth-order valence-corrected chi connectivity index (χ4v) is 28.5. The van der Waals surface area contributed by atoms with Gasteiger partial charge in [0, 0.05) is 37.9 Å². The van der Waals surface area contributed by atoms with Crippen molar-refractivity contribution in [3.63, 3.8) is 0 Å². The molecular formula is C143H152. The monoisotopic (exact) mass is 1870 g/mol. The van der Waals surface area contributed by atoms with Gasteiger partial charge in [0.25, 0.3) is 0 Å². The van der Waals surface area contributed by atoms with Gasteiger partial charge in [-0.3, -0.25) is 0 Å². The Balaban J connectivity index is 0.000000194. The standard InChI is InChI=1S/C92H92.C51H60/c1-12-14-16-18-20-28-46-92(47-29-21-19-17-15-13-2)76-35-27-26-32-65(76)68-45-42-62(51-83(68)92)61-41-44-67-66-43-40-60(49-77(66)88(4,5)78(67)50-61)58-36-38-59(39-37-58)71-52-85-87(70-34-25-23-31-64(70)71)75-56-80-73(54-82(75)91(85,10)11)72-53-81-74(55-79(72)89(80,6)7)86-69-33-24-22-30-63(69)57(3)48-84(86)90(81,8)9;1-6-8-10-12-14-18-32-51(33-19-15-13-11-9-7-2)46-21-17-16-20-42(46)45-31-28-41(36-49(45)51)40-27-30-44-43-29-26-39(38-24-22-37(3)23-25-38)34-47(43)50(4,5)48(44)35-40/h22-27,30-45,48-56H,12-21,28-29,46-47H2,1-11H3;16-17,20-31,34-36H,6-15,18-19,32-33H2,1-5H3. The molecular weight excluding hydrogens is 1720 g/mol. The molecule has 0 bridgehead atoms. The number of benzene rings is 16. The van der Waals surface area contributed by atoms with E-state index in [-0.39, 0.29) is 37.9 Å². The van der Waals surface area contributed by atoms with Crippen molar-refractivity contribution >= 4 is 21.5 Å². The van der Waals surface area contributed by atoms with E-state index in [1.807, 2.05) is 0 Å². The zero-order valence-electron chi connectivity index (χ0n) is 89.0. The molecule has 0 saturated heterocycles. The molecule has 724 valence electrons. The van der Waals surface area contributed by atoms with Crippen molar-refractivity contribution < 1.29 is 0 Å². The van der Waals surface area contributed by atoms with Crippen LogP contribution in [-0.2, 0) is 37.9 Å². The second-order valence-electron chi connectivity index (χ2n) is 47.4. The Hall–Kier alpha value is -12.0. The minimum absolute atomic E-state index is 0.0618. The van der Waals surface area contributed by atoms with Crippen molar-refractivity contribution in [1.82, 2.24) is 0 Å². The molecule has 0 saturated carbocycles. The second-order valence-corrected chi connectivity index (χ2v) is 47.4. The number of aryl methyl sites for hydroxylation is 2. The lowest BCUT2D eigenvalue weighted by Gasteiger charge is -2.33. The lowest BCUT2D eigenvalue weighted by molar-refractivity contribution is 0.398. The van der Waals surface area contributed by atoms with Gasteiger partial charge in [0.15, 0.2) is 0 Å². The summed E-state index contributed by atoms with van der Waals surface area (Å²) in [5, 5.41) is 5.39. The number of hydrogen-bond acceptors (Lipinski definition) is 0. The number of rotatable bonds is 33. The minimum atomic E-state index is -0.205. The van der Waals surface area contributed by atoms with Gasteiger partial charge in [0.05, 0.1) is 0 Å². The fourth-order valence-electron chi connectivity index (χ4n) is 28.5. The van der Waals surface area contributed by atoms with Crippen LogP contribution in [0.2, 0.25) is 0 Å². The molecule has 16 aromatic rings. The van der Waals surface area contributed by atoms with Crippen LogP contribution in [0.25, 0.3) is 155 Å². The van der Waals surface area contributed by atoms with Crippen molar-refractivity contribution in [2.45, 2.75) is 328 Å². The smallest absolute Gasteiger partial charge is 0.0215 e. The van der Waals surface area contributed by atoms with Crippen molar-refractivity contribution in [2.24, 2.45) is 0 Å². The Morgan fingerprint density at radius 2 is 0.399 bits per heavy atom. The van der Waals surface area contributed by atoms with Gasteiger partial charge < -0.3 is 0 Å². The van der Waals surface area contributed by atoms with Crippen LogP contribution in [0.4, 0.5) is 0 Å². The molecule has 7 aliphatic rings. The van der Waals surface area contributed by atoms with Crippen LogP contribution in [0.3, 0.4) is 0 Å². The van der Waals surface area contributed by atoms with E-state index in [1.165, 1.54) is 402 Å². The van der Waals surface area contributed by atoms with Crippen LogP contribution in [0.1, 0.15) is 366 Å². The summed E-state index contributed by atoms with van der Waals surface area (Å²) < 4.78 is 0. The first-order valence-corrected chi connectivity index (χ1v) is 56.1. The van der Waals surface area contributed by atoms with Crippen LogP contribution in [0, 0.1) is 13.8 Å². The molecule has 0 heteroatoms. The molecule has 0 aliphatic heterocycles. The maximum absolute atomic E-state index is 2.64. The summed E-state index contributed by atoms with van der Waals surface area (Å²) in [4.78, 5) is 0. The minimum Gasteiger partial charge on any atom is -0.0654 e. The molecule has 0 unspecified atom stereocenters. The molecule has 143 heavy (non-hydrogen) atoms. The Bertz CT molecular complexity index is 7560. The summed E-state index contributed by atoms with van der Waals surface area (Å²) in [6, 6.07) is 115. The topological polar surface area (TPSA) is 0 Å². The predicted octanol–water partition coefficient (Wildman–Crippen LogP) is 41.7. The highest BCUT2D eigenvalue weighted by molar-refractivity contribution is 6.11. The van der Waals surface area contributed by atoms with Crippen molar-refractivity contribution in [3.8, 4) is 134 Å². The van der Waals surface area contributed by atoms with Crippen molar-refractivity contribution in [1.29, 1.82) is 0 Å². The average molecular weight is 1870 g/mol. The van der Waals surface area contributed by atoms with Crippen molar-refractivity contribution in [3.05, 3.63) is 380 Å². The van der Waals surface area contributed by atoms with Gasteiger partial charge in [-0.2, -0.15) is 0 Å². The van der Waals surface area contributed by atoms with Gasteiger partial charge in [-0.25, -0.2) is 0 Å². The zero-order chi connectivity index (χ0) is 98.6. The largest absolute Gasteiger partial charge is 0.0654 e. The van der Waals surface area contributed by atoms with Crippen LogP contribution in [0.5, 0.6) is 0 Å². The lowest BCUT2D eigenvalue weighted by atomic mass is 9.70. The highest BCUT2D eigenvalue weighted by Crippen LogP contribution is 2.65. The Labute approximate surface area is 857 Å². The predicted molar refractivity (Wildman–Crippen MR) is 617 cm³/mol. The second kappa shape index (κ2) is 38.2. The molecule has 0 heterocycles. The van der Waals surface area contributed by atoms with E-state index in [2.05, 4.69) is 402 Å². The van der Waals surface area contributed by atoms with E-state index in [9.17, 15) is 0 Å². The summed E-state index contributed by atoms with van der Waals surface area (Å²) in [7, 11) is 0. The Morgan fingerprint density at radius 3 is 0.769 bits per heavy atom. The van der Waals surface area contributed by atoms with E-state index in [0.29, 0.717) is 0 Å². The van der Waals surface area contributed by atoms with Crippen molar-refractivity contribution in [2.75, 3.05) is 0 Å². The summed E-state index contributed by atoms with van der Waals surface area (Å²) in [5.74, 6) is 0. The van der Waals surface area contributed by atoms with Crippen LogP contribution >= 0.6 is 0 Å². The zero-order valence-corrected chi connectivity index (χ0v) is 89.0. The summed E-state index contributed by atoms with van der Waals surface area (Å²) in [6.45, 7) is 38.3. The highest BCUT2D eigenvalue weighted by atomic mass is 14.5. The van der Waals surface area contributed by atoms with E-state index in [0.717, 1.165) is 0 Å². The lowest BCUT2D eigenvalue weighted by Crippen LogP contribution is -2.25. The SMILES string of the molecule is CCCCCCCCC1(CCCCCCCC)c2ccccc2-c2ccc(-c3ccc4c(c3)C(C)(C)c3cc(-c5ccc(-c6cc7c(c8ccccc68)-c6cc8c(cc6C7(C)C)-c6cc7c(cc6C8(C)C)-c6c(cc(C)c8ccccc68)C7(C)C)cc5)ccc3-4)cc21.CCCCCCCCC1(CCCCCCCC)c2ccccc2-c2ccc(-c3ccc4c(c3)C(C)(C)c3cc(-c5ccc(C)cc5)ccc3-4)cc21. The first kappa shape index (κ1) is 95.9. The molecule has 0 aromatic heterocycles. The normalized spacial score (nSPS) is 15.6. The molecule has 16 aromatic carbocycles. The third-order valence-electron chi connectivity index (χ3n) is 36.8. The van der Waals surface area contributed by atoms with Gasteiger partial charge in [-0.15, -0.1) is 0 Å². The first-order valence-electron chi connectivity index (χ1n) is 56.1. The molecule has 0 amide bonds. The van der Waals surface area contributed by atoms with Crippen LogP contribution in [-0.4, -0.2) is 0 Å². The summed E-state index contributed by atoms with van der Waals surface area (Å²) >= 11 is 0. The van der Waals surface area contributed by atoms with E-state index in [1.54, 1.807) is 22.3 Å². The van der Waals surface area contributed by atoms with Gasteiger partial charge in [0.1, 0.15) is 0 Å². The molecule has 0 N–H and O–H groups in total. The van der Waals surface area contributed by atoms with E-state index in [4.69, 9.17) is 0 Å². The quantitative estimate of drug-likeness (QED) is 0.0360.